The molecule has 18 heavy (non-hydrogen) atoms. The maximum absolute atomic E-state index is 11.9. The molecular formula is C13H25N3O2. The second-order valence-corrected chi connectivity index (χ2v) is 5.29. The van der Waals surface area contributed by atoms with Gasteiger partial charge in [-0.2, -0.15) is 0 Å². The number of hydrogen-bond acceptors (Lipinski definition) is 3. The number of hydrogen-bond donors (Lipinski definition) is 1. The van der Waals surface area contributed by atoms with Gasteiger partial charge in [-0.1, -0.05) is 0 Å². The molecule has 0 aromatic carbocycles. The molecule has 1 aliphatic heterocycles. The van der Waals surface area contributed by atoms with Crippen molar-refractivity contribution in [2.75, 3.05) is 40.8 Å². The molecule has 0 aromatic rings. The Morgan fingerprint density at radius 3 is 2.50 bits per heavy atom. The molecular weight excluding hydrogens is 230 g/mol. The molecule has 1 rings (SSSR count). The van der Waals surface area contributed by atoms with Crippen LogP contribution in [0, 0.1) is 5.92 Å². The van der Waals surface area contributed by atoms with Gasteiger partial charge < -0.3 is 15.1 Å². The van der Waals surface area contributed by atoms with E-state index >= 15 is 0 Å². The quantitative estimate of drug-likeness (QED) is 0.769. The van der Waals surface area contributed by atoms with Crippen LogP contribution in [-0.4, -0.2) is 62.4 Å². The third-order valence-electron chi connectivity index (χ3n) is 3.46. The lowest BCUT2D eigenvalue weighted by Crippen LogP contribution is -2.38. The molecule has 5 nitrogen and oxygen atoms in total. The molecule has 0 saturated carbocycles. The lowest BCUT2D eigenvalue weighted by Gasteiger charge is -2.24. The first-order chi connectivity index (χ1) is 8.50. The number of carbonyl (C=O) groups is 2. The lowest BCUT2D eigenvalue weighted by atomic mass is 9.94. The molecule has 104 valence electrons. The van der Waals surface area contributed by atoms with Crippen molar-refractivity contribution in [2.24, 2.45) is 5.92 Å². The van der Waals surface area contributed by atoms with Crippen molar-refractivity contribution in [2.45, 2.75) is 25.7 Å². The van der Waals surface area contributed by atoms with E-state index < -0.39 is 0 Å². The fraction of sp³-hybridized carbons (Fsp3) is 0.846. The van der Waals surface area contributed by atoms with Gasteiger partial charge in [0.1, 0.15) is 0 Å². The van der Waals surface area contributed by atoms with E-state index in [2.05, 4.69) is 5.32 Å². The molecule has 1 saturated heterocycles. The largest absolute Gasteiger partial charge is 0.347 e. The zero-order valence-electron chi connectivity index (χ0n) is 11.7. The highest BCUT2D eigenvalue weighted by atomic mass is 16.2. The Bertz CT molecular complexity index is 286. The summed E-state index contributed by atoms with van der Waals surface area (Å²) in [6, 6.07) is 0. The van der Waals surface area contributed by atoms with Crippen LogP contribution in [0.5, 0.6) is 0 Å². The summed E-state index contributed by atoms with van der Waals surface area (Å²) >= 11 is 0. The first kappa shape index (κ1) is 15.0. The van der Waals surface area contributed by atoms with E-state index in [9.17, 15) is 9.59 Å². The van der Waals surface area contributed by atoms with Gasteiger partial charge in [0.05, 0.1) is 6.54 Å². The number of amides is 2. The highest BCUT2D eigenvalue weighted by Crippen LogP contribution is 2.16. The lowest BCUT2D eigenvalue weighted by molar-refractivity contribution is -0.138. The molecule has 1 atom stereocenters. The SMILES string of the molecule is CN(C)C(=O)CN(C)C(=O)CCC1CCCNC1. The third-order valence-corrected chi connectivity index (χ3v) is 3.46. The Hall–Kier alpha value is -1.10. The van der Waals surface area contributed by atoms with E-state index in [0.29, 0.717) is 12.3 Å². The van der Waals surface area contributed by atoms with Crippen molar-refractivity contribution in [3.05, 3.63) is 0 Å². The van der Waals surface area contributed by atoms with Gasteiger partial charge in [0.15, 0.2) is 0 Å². The zero-order valence-corrected chi connectivity index (χ0v) is 11.7. The Labute approximate surface area is 110 Å². The second-order valence-electron chi connectivity index (χ2n) is 5.29. The van der Waals surface area contributed by atoms with Crippen molar-refractivity contribution in [3.63, 3.8) is 0 Å². The van der Waals surface area contributed by atoms with E-state index in [0.717, 1.165) is 19.5 Å². The topological polar surface area (TPSA) is 52.7 Å². The Morgan fingerprint density at radius 2 is 1.94 bits per heavy atom. The molecule has 0 spiro atoms. The van der Waals surface area contributed by atoms with Crippen LogP contribution in [0.1, 0.15) is 25.7 Å². The smallest absolute Gasteiger partial charge is 0.241 e. The zero-order chi connectivity index (χ0) is 13.5. The van der Waals surface area contributed by atoms with Gasteiger partial charge in [0.25, 0.3) is 0 Å². The van der Waals surface area contributed by atoms with Gasteiger partial charge in [0.2, 0.25) is 11.8 Å². The number of likely N-dealkylation sites (N-methyl/N-ethyl adjacent to an activating group) is 2. The number of rotatable bonds is 5. The Morgan fingerprint density at radius 1 is 1.22 bits per heavy atom. The minimum atomic E-state index is -0.0369. The van der Waals surface area contributed by atoms with Gasteiger partial charge in [-0.05, 0) is 38.3 Å². The number of nitrogens with one attached hydrogen (secondary N) is 1. The number of carbonyl (C=O) groups excluding carboxylic acids is 2. The van der Waals surface area contributed by atoms with Crippen molar-refractivity contribution in [1.82, 2.24) is 15.1 Å². The van der Waals surface area contributed by atoms with E-state index in [4.69, 9.17) is 0 Å². The highest BCUT2D eigenvalue weighted by molar-refractivity contribution is 5.84. The van der Waals surface area contributed by atoms with Crippen LogP contribution in [0.2, 0.25) is 0 Å². The van der Waals surface area contributed by atoms with Gasteiger partial charge in [0, 0.05) is 27.6 Å². The Balaban J connectivity index is 2.24. The average Bonchev–Trinajstić information content (AvgIpc) is 2.36. The molecule has 1 N–H and O–H groups in total. The fourth-order valence-corrected chi connectivity index (χ4v) is 2.12. The van der Waals surface area contributed by atoms with Crippen LogP contribution >= 0.6 is 0 Å². The van der Waals surface area contributed by atoms with Crippen LogP contribution in [0.3, 0.4) is 0 Å². The molecule has 1 aliphatic rings. The van der Waals surface area contributed by atoms with Crippen molar-refractivity contribution in [1.29, 1.82) is 0 Å². The van der Waals surface area contributed by atoms with Crippen LogP contribution in [-0.2, 0) is 9.59 Å². The van der Waals surface area contributed by atoms with E-state index in [-0.39, 0.29) is 18.4 Å². The van der Waals surface area contributed by atoms with Gasteiger partial charge >= 0.3 is 0 Å². The summed E-state index contributed by atoms with van der Waals surface area (Å²) in [5, 5.41) is 3.35. The molecule has 1 unspecified atom stereocenters. The summed E-state index contributed by atoms with van der Waals surface area (Å²) < 4.78 is 0. The van der Waals surface area contributed by atoms with Gasteiger partial charge in [-0.25, -0.2) is 0 Å². The predicted octanol–water partition coefficient (Wildman–Crippen LogP) is 0.313. The standard InChI is InChI=1S/C13H25N3O2/c1-15(2)13(18)10-16(3)12(17)7-6-11-5-4-8-14-9-11/h11,14H,4-10H2,1-3H3. The highest BCUT2D eigenvalue weighted by Gasteiger charge is 2.17. The summed E-state index contributed by atoms with van der Waals surface area (Å²) in [5.74, 6) is 0.640. The minimum absolute atomic E-state index is 0.0369. The van der Waals surface area contributed by atoms with Crippen molar-refractivity contribution >= 4 is 11.8 Å². The first-order valence-electron chi connectivity index (χ1n) is 6.65. The average molecular weight is 255 g/mol. The number of nitrogens with zero attached hydrogens (tertiary/aromatic N) is 2. The molecule has 0 aliphatic carbocycles. The van der Waals surface area contributed by atoms with Crippen molar-refractivity contribution < 1.29 is 9.59 Å². The van der Waals surface area contributed by atoms with Crippen LogP contribution in [0.4, 0.5) is 0 Å². The van der Waals surface area contributed by atoms with Crippen LogP contribution < -0.4 is 5.32 Å². The van der Waals surface area contributed by atoms with Gasteiger partial charge in [-0.3, -0.25) is 9.59 Å². The normalized spacial score (nSPS) is 19.4. The molecule has 0 aromatic heterocycles. The summed E-state index contributed by atoms with van der Waals surface area (Å²) in [4.78, 5) is 26.4. The van der Waals surface area contributed by atoms with Crippen LogP contribution in [0.25, 0.3) is 0 Å². The molecule has 1 heterocycles. The maximum Gasteiger partial charge on any atom is 0.241 e. The van der Waals surface area contributed by atoms with E-state index in [1.54, 1.807) is 21.1 Å². The summed E-state index contributed by atoms with van der Waals surface area (Å²) in [7, 11) is 5.10. The Kier molecular flexibility index (Phi) is 6.12. The third kappa shape index (κ3) is 5.04. The molecule has 1 fully saturated rings. The molecule has 5 heteroatoms. The molecule has 0 radical (unpaired) electrons. The summed E-state index contributed by atoms with van der Waals surface area (Å²) in [6.07, 6.45) is 3.88. The second kappa shape index (κ2) is 7.36. The maximum atomic E-state index is 11.9. The van der Waals surface area contributed by atoms with E-state index in [1.165, 1.54) is 22.6 Å². The molecule has 0 bridgehead atoms. The predicted molar refractivity (Wildman–Crippen MR) is 71.2 cm³/mol. The summed E-state index contributed by atoms with van der Waals surface area (Å²) in [5.41, 5.74) is 0. The summed E-state index contributed by atoms with van der Waals surface area (Å²) in [6.45, 7) is 2.30. The van der Waals surface area contributed by atoms with Gasteiger partial charge in [-0.15, -0.1) is 0 Å². The minimum Gasteiger partial charge on any atom is -0.347 e. The first-order valence-corrected chi connectivity index (χ1v) is 6.65. The fourth-order valence-electron chi connectivity index (χ4n) is 2.12. The van der Waals surface area contributed by atoms with Crippen molar-refractivity contribution in [3.8, 4) is 0 Å². The molecule has 2 amide bonds. The van der Waals surface area contributed by atoms with Crippen LogP contribution in [0.15, 0.2) is 0 Å². The number of piperidine rings is 1. The van der Waals surface area contributed by atoms with E-state index in [1.807, 2.05) is 0 Å². The monoisotopic (exact) mass is 255 g/mol.